The van der Waals surface area contributed by atoms with Gasteiger partial charge in [0.1, 0.15) is 17.2 Å². The van der Waals surface area contributed by atoms with Crippen LogP contribution in [0.25, 0.3) is 0 Å². The molecule has 1 amide bonds. The Kier molecular flexibility index (Phi) is 6.23. The van der Waals surface area contributed by atoms with Crippen LogP contribution in [0.3, 0.4) is 0 Å². The second-order valence-electron chi connectivity index (χ2n) is 7.68. The van der Waals surface area contributed by atoms with E-state index in [-0.39, 0.29) is 6.42 Å². The van der Waals surface area contributed by atoms with Gasteiger partial charge in [-0.15, -0.1) is 0 Å². The van der Waals surface area contributed by atoms with Gasteiger partial charge < -0.3 is 20.5 Å². The number of benzene rings is 1. The molecule has 24 heavy (non-hydrogen) atoms. The number of nitrogens with one attached hydrogen (secondary N) is 1. The molecule has 0 heterocycles. The van der Waals surface area contributed by atoms with E-state index in [1.165, 1.54) is 0 Å². The summed E-state index contributed by atoms with van der Waals surface area (Å²) >= 11 is 0. The van der Waals surface area contributed by atoms with Gasteiger partial charge in [0.15, 0.2) is 0 Å². The summed E-state index contributed by atoms with van der Waals surface area (Å²) in [6.45, 7) is 10.6. The van der Waals surface area contributed by atoms with Crippen LogP contribution in [-0.4, -0.2) is 29.3 Å². The average molecular weight is 336 g/mol. The number of nitrogen functional groups attached to an aromatic ring is 1. The fourth-order valence-electron chi connectivity index (χ4n) is 1.91. The van der Waals surface area contributed by atoms with Crippen molar-refractivity contribution in [1.82, 2.24) is 5.32 Å². The maximum Gasteiger partial charge on any atom is 0.408 e. The van der Waals surface area contributed by atoms with Gasteiger partial charge in [-0.1, -0.05) is 12.1 Å². The maximum absolute atomic E-state index is 12.4. The minimum absolute atomic E-state index is 0.286. The monoisotopic (exact) mass is 336 g/mol. The lowest BCUT2D eigenvalue weighted by Gasteiger charge is -2.26. The van der Waals surface area contributed by atoms with Crippen LogP contribution >= 0.6 is 0 Å². The zero-order valence-corrected chi connectivity index (χ0v) is 15.3. The highest BCUT2D eigenvalue weighted by atomic mass is 16.6. The number of rotatable bonds is 4. The predicted molar refractivity (Wildman–Crippen MR) is 93.6 cm³/mol. The Morgan fingerprint density at radius 1 is 1.00 bits per heavy atom. The number of hydrogen-bond donors (Lipinski definition) is 2. The van der Waals surface area contributed by atoms with Gasteiger partial charge in [0.25, 0.3) is 0 Å². The standard InChI is InChI=1S/C18H28N2O4/c1-17(2,3)23-15(21)14(20-16(22)24-18(4,5)6)11-12-7-9-13(19)10-8-12/h7-10,14H,11,19H2,1-6H3,(H,20,22)/t14-/m1/s1. The number of esters is 1. The Bertz CT molecular complexity index is 568. The number of amides is 1. The summed E-state index contributed by atoms with van der Waals surface area (Å²) in [7, 11) is 0. The molecule has 1 rings (SSSR count). The van der Waals surface area contributed by atoms with Gasteiger partial charge in [-0.25, -0.2) is 9.59 Å². The lowest BCUT2D eigenvalue weighted by atomic mass is 10.1. The number of carbonyl (C=O) groups excluding carboxylic acids is 2. The number of hydrogen-bond acceptors (Lipinski definition) is 5. The Morgan fingerprint density at radius 3 is 1.96 bits per heavy atom. The Hall–Kier alpha value is -2.24. The number of nitrogens with two attached hydrogens (primary N) is 1. The van der Waals surface area contributed by atoms with Crippen LogP contribution in [-0.2, 0) is 20.7 Å². The van der Waals surface area contributed by atoms with Crippen LogP contribution in [0.5, 0.6) is 0 Å². The summed E-state index contributed by atoms with van der Waals surface area (Å²) in [5.41, 5.74) is 5.86. The minimum Gasteiger partial charge on any atom is -0.458 e. The largest absolute Gasteiger partial charge is 0.458 e. The number of carbonyl (C=O) groups is 2. The zero-order valence-electron chi connectivity index (χ0n) is 15.3. The summed E-state index contributed by atoms with van der Waals surface area (Å²) in [6, 6.07) is 6.26. The van der Waals surface area contributed by atoms with Gasteiger partial charge >= 0.3 is 12.1 Å². The number of ether oxygens (including phenoxy) is 2. The van der Waals surface area contributed by atoms with Crippen molar-refractivity contribution in [3.05, 3.63) is 29.8 Å². The molecule has 3 N–H and O–H groups in total. The number of alkyl carbamates (subject to hydrolysis) is 1. The van der Waals surface area contributed by atoms with E-state index in [1.807, 2.05) is 12.1 Å². The third kappa shape index (κ3) is 7.85. The van der Waals surface area contributed by atoms with Gasteiger partial charge in [-0.3, -0.25) is 0 Å². The quantitative estimate of drug-likeness (QED) is 0.651. The molecule has 0 aliphatic rings. The molecule has 6 nitrogen and oxygen atoms in total. The van der Waals surface area contributed by atoms with E-state index in [2.05, 4.69) is 5.32 Å². The van der Waals surface area contributed by atoms with E-state index < -0.39 is 29.3 Å². The first-order chi connectivity index (χ1) is 10.9. The van der Waals surface area contributed by atoms with Crippen LogP contribution in [0.4, 0.5) is 10.5 Å². The van der Waals surface area contributed by atoms with E-state index in [0.717, 1.165) is 5.56 Å². The highest BCUT2D eigenvalue weighted by molar-refractivity contribution is 5.82. The second kappa shape index (κ2) is 7.55. The molecule has 0 aliphatic carbocycles. The van der Waals surface area contributed by atoms with Crippen molar-refractivity contribution in [2.75, 3.05) is 5.73 Å². The van der Waals surface area contributed by atoms with Gasteiger partial charge in [0, 0.05) is 12.1 Å². The molecule has 134 valence electrons. The maximum atomic E-state index is 12.4. The van der Waals surface area contributed by atoms with E-state index in [9.17, 15) is 9.59 Å². The van der Waals surface area contributed by atoms with Crippen molar-refractivity contribution < 1.29 is 19.1 Å². The SMILES string of the molecule is CC(C)(C)OC(=O)N[C@H](Cc1ccc(N)cc1)C(=O)OC(C)(C)C. The Labute approximate surface area is 143 Å². The van der Waals surface area contributed by atoms with E-state index >= 15 is 0 Å². The first kappa shape index (κ1) is 19.8. The summed E-state index contributed by atoms with van der Waals surface area (Å²) in [6.07, 6.45) is -0.372. The van der Waals surface area contributed by atoms with Crippen LogP contribution in [0.1, 0.15) is 47.1 Å². The molecule has 1 aromatic rings. The van der Waals surface area contributed by atoms with Gasteiger partial charge in [-0.2, -0.15) is 0 Å². The van der Waals surface area contributed by atoms with Crippen molar-refractivity contribution in [1.29, 1.82) is 0 Å². The molecule has 0 radical (unpaired) electrons. The summed E-state index contributed by atoms with van der Waals surface area (Å²) in [4.78, 5) is 24.4. The van der Waals surface area contributed by atoms with E-state index in [1.54, 1.807) is 53.7 Å². The normalized spacial score (nSPS) is 13.1. The molecule has 0 unspecified atom stereocenters. The molecule has 0 bridgehead atoms. The van der Waals surface area contributed by atoms with Crippen molar-refractivity contribution in [2.24, 2.45) is 0 Å². The first-order valence-electron chi connectivity index (χ1n) is 7.92. The Morgan fingerprint density at radius 2 is 1.50 bits per heavy atom. The van der Waals surface area contributed by atoms with Gasteiger partial charge in [0.05, 0.1) is 0 Å². The minimum atomic E-state index is -0.845. The molecule has 0 saturated heterocycles. The molecule has 0 saturated carbocycles. The van der Waals surface area contributed by atoms with Crippen molar-refractivity contribution in [2.45, 2.75) is 65.2 Å². The van der Waals surface area contributed by atoms with Gasteiger partial charge in [-0.05, 0) is 59.2 Å². The zero-order chi connectivity index (χ0) is 18.5. The highest BCUT2D eigenvalue weighted by Crippen LogP contribution is 2.14. The molecule has 6 heteroatoms. The molecule has 1 atom stereocenters. The topological polar surface area (TPSA) is 90.6 Å². The van der Waals surface area contributed by atoms with E-state index in [0.29, 0.717) is 5.69 Å². The Balaban J connectivity index is 2.88. The third-order valence-electron chi connectivity index (χ3n) is 2.80. The lowest BCUT2D eigenvalue weighted by molar-refractivity contribution is -0.157. The first-order valence-corrected chi connectivity index (χ1v) is 7.92. The lowest BCUT2D eigenvalue weighted by Crippen LogP contribution is -2.47. The van der Waals surface area contributed by atoms with Crippen LogP contribution in [0.2, 0.25) is 0 Å². The third-order valence-corrected chi connectivity index (χ3v) is 2.80. The summed E-state index contributed by atoms with van der Waals surface area (Å²) in [5.74, 6) is -0.509. The van der Waals surface area contributed by atoms with E-state index in [4.69, 9.17) is 15.2 Å². The molecule has 0 aliphatic heterocycles. The molecular weight excluding hydrogens is 308 g/mol. The predicted octanol–water partition coefficient (Wildman–Crippen LogP) is 3.05. The van der Waals surface area contributed by atoms with Gasteiger partial charge in [0.2, 0.25) is 0 Å². The van der Waals surface area contributed by atoms with Crippen molar-refractivity contribution in [3.63, 3.8) is 0 Å². The fourth-order valence-corrected chi connectivity index (χ4v) is 1.91. The molecule has 0 fully saturated rings. The van der Waals surface area contributed by atoms with Crippen molar-refractivity contribution >= 4 is 17.7 Å². The number of anilines is 1. The smallest absolute Gasteiger partial charge is 0.408 e. The summed E-state index contributed by atoms with van der Waals surface area (Å²) < 4.78 is 10.6. The highest BCUT2D eigenvalue weighted by Gasteiger charge is 2.28. The average Bonchev–Trinajstić information content (AvgIpc) is 2.36. The molecule has 1 aromatic carbocycles. The van der Waals surface area contributed by atoms with Crippen LogP contribution in [0, 0.1) is 0 Å². The molecule has 0 aromatic heterocycles. The second-order valence-corrected chi connectivity index (χ2v) is 7.68. The molecule has 0 spiro atoms. The summed E-state index contributed by atoms with van der Waals surface area (Å²) in [5, 5.41) is 2.59. The van der Waals surface area contributed by atoms with Crippen molar-refractivity contribution in [3.8, 4) is 0 Å². The van der Waals surface area contributed by atoms with Crippen LogP contribution in [0.15, 0.2) is 24.3 Å². The van der Waals surface area contributed by atoms with Crippen LogP contribution < -0.4 is 11.1 Å². The molecular formula is C18H28N2O4. The fraction of sp³-hybridized carbons (Fsp3) is 0.556.